The number of aliphatic hydroxyl groups excluding tert-OH is 1. The van der Waals surface area contributed by atoms with E-state index in [-0.39, 0.29) is 0 Å². The summed E-state index contributed by atoms with van der Waals surface area (Å²) in [6.07, 6.45) is 6.30. The average Bonchev–Trinajstić information content (AvgIpc) is 2.40. The fourth-order valence-electron chi connectivity index (χ4n) is 1.92. The molecule has 3 nitrogen and oxygen atoms in total. The summed E-state index contributed by atoms with van der Waals surface area (Å²) in [4.78, 5) is 8.42. The minimum atomic E-state index is -0.543. The number of aliphatic hydroxyl groups is 1. The molecular weight excluding hydrogens is 224 g/mol. The lowest BCUT2D eigenvalue weighted by Crippen LogP contribution is -2.05. The van der Waals surface area contributed by atoms with Crippen LogP contribution in [0.3, 0.4) is 0 Å². The minimum Gasteiger partial charge on any atom is -0.388 e. The van der Waals surface area contributed by atoms with Gasteiger partial charge in [-0.25, -0.2) is 0 Å². The summed E-state index contributed by atoms with van der Waals surface area (Å²) < 4.78 is 0. The van der Waals surface area contributed by atoms with Crippen molar-refractivity contribution in [2.45, 2.75) is 32.8 Å². The van der Waals surface area contributed by atoms with Gasteiger partial charge in [0.2, 0.25) is 0 Å². The van der Waals surface area contributed by atoms with Gasteiger partial charge < -0.3 is 5.11 Å². The van der Waals surface area contributed by atoms with Gasteiger partial charge in [-0.3, -0.25) is 9.97 Å². The van der Waals surface area contributed by atoms with E-state index < -0.39 is 6.10 Å². The summed E-state index contributed by atoms with van der Waals surface area (Å²) in [7, 11) is 0. The van der Waals surface area contributed by atoms with Gasteiger partial charge in [0.05, 0.1) is 6.10 Å². The first-order valence-electron chi connectivity index (χ1n) is 6.23. The first kappa shape index (κ1) is 12.7. The number of pyridine rings is 2. The summed E-state index contributed by atoms with van der Waals surface area (Å²) >= 11 is 0. The smallest absolute Gasteiger partial charge is 0.0862 e. The predicted molar refractivity (Wildman–Crippen MR) is 71.3 cm³/mol. The second kappa shape index (κ2) is 5.74. The van der Waals surface area contributed by atoms with Crippen molar-refractivity contribution in [1.29, 1.82) is 0 Å². The molecule has 0 saturated carbocycles. The molecule has 3 heteroatoms. The highest BCUT2D eigenvalue weighted by atomic mass is 16.3. The maximum Gasteiger partial charge on any atom is 0.0862 e. The number of hydrogen-bond donors (Lipinski definition) is 1. The fourth-order valence-corrected chi connectivity index (χ4v) is 1.92. The molecule has 0 aliphatic heterocycles. The van der Waals surface area contributed by atoms with Gasteiger partial charge >= 0.3 is 0 Å². The van der Waals surface area contributed by atoms with Crippen molar-refractivity contribution in [2.24, 2.45) is 0 Å². The van der Waals surface area contributed by atoms with E-state index in [2.05, 4.69) is 23.0 Å². The Hall–Kier alpha value is -1.74. The third-order valence-corrected chi connectivity index (χ3v) is 3.14. The number of aryl methyl sites for hydroxylation is 2. The molecule has 0 radical (unpaired) electrons. The van der Waals surface area contributed by atoms with Crippen molar-refractivity contribution in [3.05, 3.63) is 59.2 Å². The van der Waals surface area contributed by atoms with Crippen LogP contribution in [0.25, 0.3) is 0 Å². The number of aromatic nitrogens is 2. The van der Waals surface area contributed by atoms with Crippen molar-refractivity contribution in [2.75, 3.05) is 0 Å². The Morgan fingerprint density at radius 1 is 1.22 bits per heavy atom. The molecular formula is C15H18N2O. The highest BCUT2D eigenvalue weighted by Gasteiger charge is 2.11. The van der Waals surface area contributed by atoms with Gasteiger partial charge in [-0.1, -0.05) is 13.0 Å². The van der Waals surface area contributed by atoms with E-state index in [0.717, 1.165) is 23.2 Å². The monoisotopic (exact) mass is 242 g/mol. The van der Waals surface area contributed by atoms with Crippen LogP contribution in [0.1, 0.15) is 35.4 Å². The molecule has 0 aliphatic carbocycles. The molecule has 2 rings (SSSR count). The van der Waals surface area contributed by atoms with Gasteiger partial charge in [0.25, 0.3) is 0 Å². The maximum absolute atomic E-state index is 10.2. The molecule has 0 bridgehead atoms. The summed E-state index contributed by atoms with van der Waals surface area (Å²) in [5.41, 5.74) is 4.05. The van der Waals surface area contributed by atoms with Crippen LogP contribution in [0.15, 0.2) is 36.8 Å². The van der Waals surface area contributed by atoms with Crippen LogP contribution >= 0.6 is 0 Å². The van der Waals surface area contributed by atoms with Gasteiger partial charge in [0.1, 0.15) is 0 Å². The molecule has 1 atom stereocenters. The lowest BCUT2D eigenvalue weighted by atomic mass is 10.0. The molecule has 1 unspecified atom stereocenters. The quantitative estimate of drug-likeness (QED) is 0.896. The van der Waals surface area contributed by atoms with E-state index in [0.29, 0.717) is 6.42 Å². The van der Waals surface area contributed by atoms with E-state index in [1.165, 1.54) is 5.56 Å². The number of rotatable bonds is 4. The predicted octanol–water partition coefficient (Wildman–Crippen LogP) is 2.62. The lowest BCUT2D eigenvalue weighted by molar-refractivity contribution is 0.176. The SMILES string of the molecule is CCc1ccc(CC(O)c2cnccc2C)nc1. The summed E-state index contributed by atoms with van der Waals surface area (Å²) in [6, 6.07) is 5.95. The van der Waals surface area contributed by atoms with E-state index in [9.17, 15) is 5.11 Å². The Bertz CT molecular complexity index is 508. The van der Waals surface area contributed by atoms with Crippen LogP contribution in [0.5, 0.6) is 0 Å². The zero-order valence-electron chi connectivity index (χ0n) is 10.8. The Balaban J connectivity index is 2.11. The normalized spacial score (nSPS) is 12.4. The van der Waals surface area contributed by atoms with E-state index in [1.807, 2.05) is 25.3 Å². The van der Waals surface area contributed by atoms with Gasteiger partial charge in [-0.15, -0.1) is 0 Å². The molecule has 1 N–H and O–H groups in total. The van der Waals surface area contributed by atoms with Crippen molar-refractivity contribution < 1.29 is 5.11 Å². The Morgan fingerprint density at radius 3 is 2.67 bits per heavy atom. The Kier molecular flexibility index (Phi) is 4.05. The molecule has 2 heterocycles. The molecule has 0 aliphatic rings. The van der Waals surface area contributed by atoms with Crippen LogP contribution in [0.4, 0.5) is 0 Å². The van der Waals surface area contributed by atoms with Crippen LogP contribution in [-0.2, 0) is 12.8 Å². The third-order valence-electron chi connectivity index (χ3n) is 3.14. The van der Waals surface area contributed by atoms with E-state index in [4.69, 9.17) is 0 Å². The molecule has 2 aromatic rings. The van der Waals surface area contributed by atoms with Crippen LogP contribution < -0.4 is 0 Å². The Morgan fingerprint density at radius 2 is 2.06 bits per heavy atom. The highest BCUT2D eigenvalue weighted by molar-refractivity contribution is 5.25. The lowest BCUT2D eigenvalue weighted by Gasteiger charge is -2.12. The standard InChI is InChI=1S/C15H18N2O/c1-3-12-4-5-13(17-9-12)8-15(18)14-10-16-7-6-11(14)2/h4-7,9-10,15,18H,3,8H2,1-2H3. The zero-order valence-corrected chi connectivity index (χ0v) is 10.8. The maximum atomic E-state index is 10.2. The van der Waals surface area contributed by atoms with E-state index in [1.54, 1.807) is 12.4 Å². The van der Waals surface area contributed by atoms with Crippen molar-refractivity contribution in [3.8, 4) is 0 Å². The first-order chi connectivity index (χ1) is 8.70. The van der Waals surface area contributed by atoms with Gasteiger partial charge in [-0.2, -0.15) is 0 Å². The largest absolute Gasteiger partial charge is 0.388 e. The van der Waals surface area contributed by atoms with Crippen molar-refractivity contribution in [1.82, 2.24) is 9.97 Å². The zero-order chi connectivity index (χ0) is 13.0. The average molecular weight is 242 g/mol. The second-order valence-electron chi connectivity index (χ2n) is 4.46. The minimum absolute atomic E-state index is 0.524. The van der Waals surface area contributed by atoms with Gasteiger partial charge in [0, 0.05) is 36.3 Å². The molecule has 0 saturated heterocycles. The van der Waals surface area contributed by atoms with Crippen LogP contribution in [-0.4, -0.2) is 15.1 Å². The molecule has 18 heavy (non-hydrogen) atoms. The second-order valence-corrected chi connectivity index (χ2v) is 4.46. The molecule has 94 valence electrons. The molecule has 0 spiro atoms. The summed E-state index contributed by atoms with van der Waals surface area (Å²) in [5.74, 6) is 0. The fraction of sp³-hybridized carbons (Fsp3) is 0.333. The summed E-state index contributed by atoms with van der Waals surface area (Å²) in [6.45, 7) is 4.08. The van der Waals surface area contributed by atoms with Gasteiger partial charge in [0.15, 0.2) is 0 Å². The molecule has 0 amide bonds. The van der Waals surface area contributed by atoms with Crippen LogP contribution in [0, 0.1) is 6.92 Å². The van der Waals surface area contributed by atoms with E-state index >= 15 is 0 Å². The van der Waals surface area contributed by atoms with Crippen LogP contribution in [0.2, 0.25) is 0 Å². The Labute approximate surface area is 108 Å². The topological polar surface area (TPSA) is 46.0 Å². The third kappa shape index (κ3) is 2.93. The number of nitrogens with zero attached hydrogens (tertiary/aromatic N) is 2. The van der Waals surface area contributed by atoms with Gasteiger partial charge in [-0.05, 0) is 36.6 Å². The number of hydrogen-bond acceptors (Lipinski definition) is 3. The van der Waals surface area contributed by atoms with Crippen molar-refractivity contribution >= 4 is 0 Å². The molecule has 2 aromatic heterocycles. The molecule has 0 aromatic carbocycles. The first-order valence-corrected chi connectivity index (χ1v) is 6.23. The highest BCUT2D eigenvalue weighted by Crippen LogP contribution is 2.19. The summed E-state index contributed by atoms with van der Waals surface area (Å²) in [5, 5.41) is 10.2. The van der Waals surface area contributed by atoms with Crippen molar-refractivity contribution in [3.63, 3.8) is 0 Å². The molecule has 0 fully saturated rings.